The van der Waals surface area contributed by atoms with Gasteiger partial charge >= 0.3 is 11.9 Å². The van der Waals surface area contributed by atoms with Gasteiger partial charge in [0.2, 0.25) is 0 Å². The number of pyridine rings is 2. The van der Waals surface area contributed by atoms with Crippen LogP contribution in [0, 0.1) is 0 Å². The molecule has 5 heterocycles. The quantitative estimate of drug-likeness (QED) is 0.287. The van der Waals surface area contributed by atoms with E-state index in [-0.39, 0.29) is 40.2 Å². The number of halogens is 3. The fourth-order valence-electron chi connectivity index (χ4n) is 4.81. The van der Waals surface area contributed by atoms with E-state index in [0.717, 1.165) is 10.6 Å². The molecular weight excluding hydrogens is 529 g/mol. The number of nitrogens with zero attached hydrogens (tertiary/aromatic N) is 6. The molecule has 5 aromatic rings. The number of aromatic nitrogens is 6. The number of H-pyrrole nitrogens is 1. The first kappa shape index (κ1) is 25.6. The maximum absolute atomic E-state index is 14.3. The number of fused-ring (bicyclic) bond motifs is 3. The predicted molar refractivity (Wildman–Crippen MR) is 140 cm³/mol. The van der Waals surface area contributed by atoms with Crippen LogP contribution in [0.3, 0.4) is 0 Å². The molecule has 0 atom stereocenters. The largest absolute Gasteiger partial charge is 0.418 e. The number of benzene rings is 1. The van der Waals surface area contributed by atoms with Crippen LogP contribution in [0.25, 0.3) is 38.9 Å². The summed E-state index contributed by atoms with van der Waals surface area (Å²) in [4.78, 5) is 46.8. The van der Waals surface area contributed by atoms with Crippen molar-refractivity contribution in [1.29, 1.82) is 0 Å². The van der Waals surface area contributed by atoms with E-state index in [9.17, 15) is 27.9 Å². The molecule has 1 aliphatic heterocycles. The molecule has 11 nitrogen and oxygen atoms in total. The highest BCUT2D eigenvalue weighted by molar-refractivity contribution is 6.01. The van der Waals surface area contributed by atoms with E-state index in [4.69, 9.17) is 0 Å². The molecule has 1 aromatic carbocycles. The topological polar surface area (TPSA) is 142 Å². The Hall–Kier alpha value is -4.69. The SMILES string of the molecule is O=c1[nH]c(=O)n(-c2ccc(N3CCNCC3)c(C(F)(F)F)c2)c2c1cnc1ccc(-c3cnc(CO)nc3)nc12. The van der Waals surface area contributed by atoms with Gasteiger partial charge in [0.1, 0.15) is 12.1 Å². The lowest BCUT2D eigenvalue weighted by atomic mass is 10.1. The van der Waals surface area contributed by atoms with Crippen LogP contribution >= 0.6 is 0 Å². The van der Waals surface area contributed by atoms with Crippen LogP contribution in [-0.4, -0.2) is 60.8 Å². The van der Waals surface area contributed by atoms with E-state index in [1.54, 1.807) is 17.0 Å². The van der Waals surface area contributed by atoms with Gasteiger partial charge in [-0.3, -0.25) is 19.3 Å². The van der Waals surface area contributed by atoms with Gasteiger partial charge in [-0.05, 0) is 30.3 Å². The van der Waals surface area contributed by atoms with Crippen LogP contribution in [-0.2, 0) is 12.8 Å². The smallest absolute Gasteiger partial charge is 0.388 e. The fourth-order valence-corrected chi connectivity index (χ4v) is 4.81. The molecule has 1 saturated heterocycles. The summed E-state index contributed by atoms with van der Waals surface area (Å²) in [6.07, 6.45) is -0.536. The minimum Gasteiger partial charge on any atom is -0.388 e. The lowest BCUT2D eigenvalue weighted by Crippen LogP contribution is -2.44. The molecule has 14 heteroatoms. The molecule has 1 fully saturated rings. The highest BCUT2D eigenvalue weighted by atomic mass is 19.4. The van der Waals surface area contributed by atoms with Crippen LogP contribution in [0.15, 0.2) is 58.5 Å². The third-order valence-electron chi connectivity index (χ3n) is 6.72. The Morgan fingerprint density at radius 2 is 1.73 bits per heavy atom. The average Bonchev–Trinajstić information content (AvgIpc) is 2.96. The molecule has 0 radical (unpaired) electrons. The van der Waals surface area contributed by atoms with Crippen molar-refractivity contribution in [2.75, 3.05) is 31.1 Å². The molecule has 0 bridgehead atoms. The summed E-state index contributed by atoms with van der Waals surface area (Å²) in [5.41, 5.74) is -1.34. The highest BCUT2D eigenvalue weighted by Crippen LogP contribution is 2.38. The fraction of sp³-hybridized carbons (Fsp3) is 0.231. The highest BCUT2D eigenvalue weighted by Gasteiger charge is 2.36. The summed E-state index contributed by atoms with van der Waals surface area (Å²) < 4.78 is 43.9. The van der Waals surface area contributed by atoms with Crippen LogP contribution in [0.2, 0.25) is 0 Å². The van der Waals surface area contributed by atoms with Gasteiger partial charge in [0.25, 0.3) is 5.56 Å². The minimum atomic E-state index is -4.70. The normalized spacial score (nSPS) is 14.2. The first-order valence-corrected chi connectivity index (χ1v) is 12.3. The monoisotopic (exact) mass is 550 g/mol. The van der Waals surface area contributed by atoms with Crippen molar-refractivity contribution >= 4 is 27.6 Å². The first-order chi connectivity index (χ1) is 19.2. The molecule has 4 aromatic heterocycles. The number of rotatable bonds is 4. The molecule has 0 saturated carbocycles. The van der Waals surface area contributed by atoms with Crippen molar-refractivity contribution in [3.63, 3.8) is 0 Å². The van der Waals surface area contributed by atoms with Gasteiger partial charge in [-0.25, -0.2) is 19.7 Å². The Morgan fingerprint density at radius 3 is 2.42 bits per heavy atom. The molecule has 0 aliphatic carbocycles. The van der Waals surface area contributed by atoms with Crippen molar-refractivity contribution in [3.05, 3.63) is 81.1 Å². The van der Waals surface area contributed by atoms with Gasteiger partial charge in [0.05, 0.1) is 33.4 Å². The summed E-state index contributed by atoms with van der Waals surface area (Å²) in [6.45, 7) is 1.54. The molecule has 0 amide bonds. The average molecular weight is 551 g/mol. The van der Waals surface area contributed by atoms with Gasteiger partial charge in [0, 0.05) is 56.0 Å². The van der Waals surface area contributed by atoms with Gasteiger partial charge in [-0.15, -0.1) is 0 Å². The third kappa shape index (κ3) is 4.46. The summed E-state index contributed by atoms with van der Waals surface area (Å²) in [7, 11) is 0. The Balaban J connectivity index is 1.61. The van der Waals surface area contributed by atoms with E-state index in [0.29, 0.717) is 43.0 Å². The third-order valence-corrected chi connectivity index (χ3v) is 6.72. The zero-order valence-electron chi connectivity index (χ0n) is 20.7. The number of aromatic amines is 1. The molecule has 0 unspecified atom stereocenters. The van der Waals surface area contributed by atoms with Crippen LogP contribution < -0.4 is 21.5 Å². The summed E-state index contributed by atoms with van der Waals surface area (Å²) >= 11 is 0. The Morgan fingerprint density at radius 1 is 0.975 bits per heavy atom. The second-order valence-corrected chi connectivity index (χ2v) is 9.16. The summed E-state index contributed by atoms with van der Waals surface area (Å²) in [6, 6.07) is 6.92. The van der Waals surface area contributed by atoms with Crippen molar-refractivity contribution in [3.8, 4) is 16.9 Å². The lowest BCUT2D eigenvalue weighted by Gasteiger charge is -2.31. The number of alkyl halides is 3. The van der Waals surface area contributed by atoms with Crippen molar-refractivity contribution in [2.45, 2.75) is 12.8 Å². The standard InChI is InChI=1S/C26H21F3N8O3/c27-26(28,29)17-9-15(1-4-20(17)36-7-5-30-6-8-36)37-23-16(24(39)35-25(37)40)12-31-19-3-2-18(34-22(19)23)14-10-32-21(13-38)33-11-14/h1-4,9-12,30,38H,5-8,13H2,(H,35,39,40). The number of hydrogen-bond acceptors (Lipinski definition) is 9. The minimum absolute atomic E-state index is 0.0107. The second-order valence-electron chi connectivity index (χ2n) is 9.16. The molecule has 3 N–H and O–H groups in total. The molecule has 0 spiro atoms. The molecule has 40 heavy (non-hydrogen) atoms. The molecule has 6 rings (SSSR count). The molecular formula is C26H21F3N8O3. The van der Waals surface area contributed by atoms with Crippen molar-refractivity contribution in [2.24, 2.45) is 0 Å². The number of piperazine rings is 1. The zero-order valence-corrected chi connectivity index (χ0v) is 20.7. The number of aliphatic hydroxyl groups excluding tert-OH is 1. The van der Waals surface area contributed by atoms with Crippen LogP contribution in [0.5, 0.6) is 0 Å². The number of hydrogen-bond donors (Lipinski definition) is 3. The second kappa shape index (κ2) is 9.81. The lowest BCUT2D eigenvalue weighted by molar-refractivity contribution is -0.137. The van der Waals surface area contributed by atoms with Crippen LogP contribution in [0.1, 0.15) is 11.4 Å². The predicted octanol–water partition coefficient (Wildman–Crippen LogP) is 2.00. The van der Waals surface area contributed by atoms with Gasteiger partial charge in [-0.1, -0.05) is 0 Å². The van der Waals surface area contributed by atoms with Gasteiger partial charge in [0.15, 0.2) is 5.82 Å². The Bertz CT molecular complexity index is 1860. The van der Waals surface area contributed by atoms with Crippen molar-refractivity contribution in [1.82, 2.24) is 34.8 Å². The Labute approximate surface area is 223 Å². The van der Waals surface area contributed by atoms with Crippen LogP contribution in [0.4, 0.5) is 18.9 Å². The van der Waals surface area contributed by atoms with Crippen molar-refractivity contribution < 1.29 is 18.3 Å². The number of aliphatic hydroxyl groups is 1. The summed E-state index contributed by atoms with van der Waals surface area (Å²) in [5, 5.41) is 12.3. The van der Waals surface area contributed by atoms with E-state index in [2.05, 4.69) is 30.2 Å². The zero-order chi connectivity index (χ0) is 28.0. The van der Waals surface area contributed by atoms with E-state index >= 15 is 0 Å². The molecule has 1 aliphatic rings. The van der Waals surface area contributed by atoms with Gasteiger partial charge in [-0.2, -0.15) is 13.2 Å². The Kier molecular flexibility index (Phi) is 6.27. The maximum atomic E-state index is 14.3. The number of nitrogens with one attached hydrogen (secondary N) is 2. The maximum Gasteiger partial charge on any atom is 0.418 e. The van der Waals surface area contributed by atoms with E-state index < -0.39 is 23.0 Å². The number of anilines is 1. The van der Waals surface area contributed by atoms with Gasteiger partial charge < -0.3 is 15.3 Å². The van der Waals surface area contributed by atoms with E-state index in [1.165, 1.54) is 30.7 Å². The molecule has 204 valence electrons. The van der Waals surface area contributed by atoms with E-state index in [1.807, 2.05) is 0 Å². The summed E-state index contributed by atoms with van der Waals surface area (Å²) in [5.74, 6) is 0.210. The first-order valence-electron chi connectivity index (χ1n) is 12.3.